The maximum Gasteiger partial charge on any atom is 0.420 e. The van der Waals surface area contributed by atoms with Crippen LogP contribution in [0.4, 0.5) is 22.0 Å². The molecule has 21 heavy (non-hydrogen) atoms. The third-order valence-corrected chi connectivity index (χ3v) is 3.12. The maximum absolute atomic E-state index is 13.0. The zero-order valence-electron chi connectivity index (χ0n) is 10.3. The molecular formula is C14H8BrF5O. The van der Waals surface area contributed by atoms with E-state index in [4.69, 9.17) is 4.74 Å². The summed E-state index contributed by atoms with van der Waals surface area (Å²) in [5, 5.41) is 0. The molecule has 112 valence electrons. The summed E-state index contributed by atoms with van der Waals surface area (Å²) in [7, 11) is 0. The predicted octanol–water partition coefficient (Wildman–Crippen LogP) is 5.33. The Morgan fingerprint density at radius 1 is 0.952 bits per heavy atom. The molecule has 0 unspecified atom stereocenters. The van der Waals surface area contributed by atoms with E-state index in [2.05, 4.69) is 15.9 Å². The highest BCUT2D eigenvalue weighted by Gasteiger charge is 2.34. The smallest absolute Gasteiger partial charge is 0.420 e. The van der Waals surface area contributed by atoms with Crippen molar-refractivity contribution in [3.05, 3.63) is 63.6 Å². The summed E-state index contributed by atoms with van der Waals surface area (Å²) in [6.45, 7) is -0.304. The molecule has 0 aliphatic carbocycles. The van der Waals surface area contributed by atoms with Gasteiger partial charge in [0.15, 0.2) is 11.6 Å². The fourth-order valence-electron chi connectivity index (χ4n) is 1.64. The minimum Gasteiger partial charge on any atom is -0.488 e. The molecule has 0 saturated heterocycles. The van der Waals surface area contributed by atoms with Gasteiger partial charge in [-0.15, -0.1) is 0 Å². The molecule has 0 fully saturated rings. The summed E-state index contributed by atoms with van der Waals surface area (Å²) in [6.07, 6.45) is -4.58. The number of alkyl halides is 3. The summed E-state index contributed by atoms with van der Waals surface area (Å²) >= 11 is 2.96. The zero-order chi connectivity index (χ0) is 15.6. The lowest BCUT2D eigenvalue weighted by Crippen LogP contribution is -2.09. The van der Waals surface area contributed by atoms with Crippen LogP contribution in [-0.2, 0) is 12.8 Å². The maximum atomic E-state index is 13.0. The van der Waals surface area contributed by atoms with Crippen LogP contribution in [0.2, 0.25) is 0 Å². The lowest BCUT2D eigenvalue weighted by atomic mass is 10.2. The van der Waals surface area contributed by atoms with E-state index in [1.54, 1.807) is 0 Å². The second-order valence-corrected chi connectivity index (χ2v) is 5.09. The van der Waals surface area contributed by atoms with Crippen LogP contribution in [0.5, 0.6) is 5.75 Å². The van der Waals surface area contributed by atoms with Crippen molar-refractivity contribution in [3.63, 3.8) is 0 Å². The molecule has 0 aliphatic heterocycles. The van der Waals surface area contributed by atoms with Crippen molar-refractivity contribution in [3.8, 4) is 5.75 Å². The molecule has 0 aliphatic rings. The second kappa shape index (κ2) is 6.01. The van der Waals surface area contributed by atoms with Crippen LogP contribution in [0.15, 0.2) is 40.9 Å². The van der Waals surface area contributed by atoms with E-state index < -0.39 is 23.4 Å². The topological polar surface area (TPSA) is 9.23 Å². The lowest BCUT2D eigenvalue weighted by Gasteiger charge is -2.14. The largest absolute Gasteiger partial charge is 0.488 e. The van der Waals surface area contributed by atoms with Crippen LogP contribution in [-0.4, -0.2) is 0 Å². The van der Waals surface area contributed by atoms with Crippen LogP contribution in [0.3, 0.4) is 0 Å². The predicted molar refractivity (Wildman–Crippen MR) is 69.8 cm³/mol. The summed E-state index contributed by atoms with van der Waals surface area (Å²) < 4.78 is 69.7. The molecule has 0 N–H and O–H groups in total. The molecule has 0 amide bonds. The van der Waals surface area contributed by atoms with E-state index >= 15 is 0 Å². The van der Waals surface area contributed by atoms with Crippen molar-refractivity contribution >= 4 is 15.9 Å². The van der Waals surface area contributed by atoms with Crippen molar-refractivity contribution in [2.45, 2.75) is 12.8 Å². The van der Waals surface area contributed by atoms with Gasteiger partial charge in [-0.1, -0.05) is 22.0 Å². The van der Waals surface area contributed by atoms with E-state index in [1.807, 2.05) is 0 Å². The first-order valence-electron chi connectivity index (χ1n) is 5.71. The molecule has 0 atom stereocenters. The Balaban J connectivity index is 2.22. The lowest BCUT2D eigenvalue weighted by molar-refractivity contribution is -0.139. The van der Waals surface area contributed by atoms with E-state index in [0.717, 1.165) is 24.3 Å². The number of hydrogen-bond donors (Lipinski definition) is 0. The van der Waals surface area contributed by atoms with Gasteiger partial charge in [0.2, 0.25) is 0 Å². The van der Waals surface area contributed by atoms with Crippen molar-refractivity contribution in [1.29, 1.82) is 0 Å². The van der Waals surface area contributed by atoms with Gasteiger partial charge in [-0.05, 0) is 35.9 Å². The van der Waals surface area contributed by atoms with Gasteiger partial charge in [0, 0.05) is 4.47 Å². The first-order valence-corrected chi connectivity index (χ1v) is 6.50. The fraction of sp³-hybridized carbons (Fsp3) is 0.143. The Bertz CT molecular complexity index is 654. The normalized spacial score (nSPS) is 11.5. The first kappa shape index (κ1) is 15.8. The third kappa shape index (κ3) is 3.93. The zero-order valence-corrected chi connectivity index (χ0v) is 11.9. The number of ether oxygens (including phenoxy) is 1. The molecule has 1 nitrogen and oxygen atoms in total. The standard InChI is InChI=1S/C14H8BrF5O/c15-9-2-4-13(10(6-9)14(18,19)20)21-7-8-1-3-11(16)12(17)5-8/h1-6H,7H2. The van der Waals surface area contributed by atoms with Gasteiger partial charge in [0.05, 0.1) is 5.56 Å². The highest BCUT2D eigenvalue weighted by Crippen LogP contribution is 2.38. The molecule has 0 bridgehead atoms. The van der Waals surface area contributed by atoms with Crippen molar-refractivity contribution in [2.24, 2.45) is 0 Å². The molecule has 2 rings (SSSR count). The van der Waals surface area contributed by atoms with E-state index in [1.165, 1.54) is 12.1 Å². The summed E-state index contributed by atoms with van der Waals surface area (Å²) in [4.78, 5) is 0. The van der Waals surface area contributed by atoms with E-state index in [-0.39, 0.29) is 22.4 Å². The number of halogens is 6. The molecule has 0 aromatic heterocycles. The number of rotatable bonds is 3. The van der Waals surface area contributed by atoms with Gasteiger partial charge in [0.25, 0.3) is 0 Å². The van der Waals surface area contributed by atoms with Gasteiger partial charge < -0.3 is 4.74 Å². The highest BCUT2D eigenvalue weighted by molar-refractivity contribution is 9.10. The van der Waals surface area contributed by atoms with E-state index in [9.17, 15) is 22.0 Å². The third-order valence-electron chi connectivity index (χ3n) is 2.63. The van der Waals surface area contributed by atoms with Gasteiger partial charge in [-0.2, -0.15) is 13.2 Å². The quantitative estimate of drug-likeness (QED) is 0.667. The summed E-state index contributed by atoms with van der Waals surface area (Å²) in [5.41, 5.74) is -0.718. The summed E-state index contributed by atoms with van der Waals surface area (Å²) in [6, 6.07) is 6.45. The fourth-order valence-corrected chi connectivity index (χ4v) is 2.00. The SMILES string of the molecule is Fc1ccc(COc2ccc(Br)cc2C(F)(F)F)cc1F. The van der Waals surface area contributed by atoms with Crippen LogP contribution in [0, 0.1) is 11.6 Å². The Kier molecular flexibility index (Phi) is 4.51. The van der Waals surface area contributed by atoms with Crippen molar-refractivity contribution in [1.82, 2.24) is 0 Å². The average Bonchev–Trinajstić information content (AvgIpc) is 2.40. The Hall–Kier alpha value is -1.63. The first-order chi connectivity index (χ1) is 9.77. The molecule has 0 heterocycles. The van der Waals surface area contributed by atoms with Crippen LogP contribution in [0.1, 0.15) is 11.1 Å². The monoisotopic (exact) mass is 366 g/mol. The Labute approximate surface area is 125 Å². The Morgan fingerprint density at radius 3 is 2.29 bits per heavy atom. The molecule has 0 spiro atoms. The van der Waals surface area contributed by atoms with Gasteiger partial charge in [0.1, 0.15) is 12.4 Å². The van der Waals surface area contributed by atoms with Crippen molar-refractivity contribution in [2.75, 3.05) is 0 Å². The minimum atomic E-state index is -4.58. The van der Waals surface area contributed by atoms with E-state index in [0.29, 0.717) is 0 Å². The molecular weight excluding hydrogens is 359 g/mol. The molecule has 2 aromatic rings. The van der Waals surface area contributed by atoms with Crippen LogP contribution < -0.4 is 4.74 Å². The van der Waals surface area contributed by atoms with Crippen LogP contribution >= 0.6 is 15.9 Å². The summed E-state index contributed by atoms with van der Waals surface area (Å²) in [5.74, 6) is -2.49. The Morgan fingerprint density at radius 2 is 1.67 bits per heavy atom. The highest BCUT2D eigenvalue weighted by atomic mass is 79.9. The second-order valence-electron chi connectivity index (χ2n) is 4.18. The molecule has 0 radical (unpaired) electrons. The number of benzene rings is 2. The molecule has 0 saturated carbocycles. The minimum absolute atomic E-state index is 0.227. The number of hydrogen-bond acceptors (Lipinski definition) is 1. The van der Waals surface area contributed by atoms with Gasteiger partial charge in [-0.25, -0.2) is 8.78 Å². The van der Waals surface area contributed by atoms with Gasteiger partial charge in [-0.3, -0.25) is 0 Å². The average molecular weight is 367 g/mol. The van der Waals surface area contributed by atoms with Crippen LogP contribution in [0.25, 0.3) is 0 Å². The van der Waals surface area contributed by atoms with Gasteiger partial charge >= 0.3 is 6.18 Å². The molecule has 7 heteroatoms. The van der Waals surface area contributed by atoms with Crippen molar-refractivity contribution < 1.29 is 26.7 Å². The molecule has 2 aromatic carbocycles.